The highest BCUT2D eigenvalue weighted by Crippen LogP contribution is 2.50. The second-order valence-electron chi connectivity index (χ2n) is 5.36. The molecular formula is C15H13NO4. The first-order valence-corrected chi connectivity index (χ1v) is 6.61. The quantitative estimate of drug-likeness (QED) is 0.507. The summed E-state index contributed by atoms with van der Waals surface area (Å²) >= 11 is 0. The van der Waals surface area contributed by atoms with Gasteiger partial charge in [0.25, 0.3) is 0 Å². The van der Waals surface area contributed by atoms with Crippen molar-refractivity contribution in [2.24, 2.45) is 11.8 Å². The molecule has 2 saturated heterocycles. The van der Waals surface area contributed by atoms with Crippen LogP contribution in [-0.2, 0) is 19.1 Å². The molecule has 102 valence electrons. The number of rotatable bonds is 3. The lowest BCUT2D eigenvalue weighted by molar-refractivity contribution is -0.158. The van der Waals surface area contributed by atoms with E-state index in [9.17, 15) is 9.59 Å². The molecule has 0 aromatic heterocycles. The third-order valence-electron chi connectivity index (χ3n) is 4.23. The minimum absolute atomic E-state index is 0.337. The van der Waals surface area contributed by atoms with Crippen LogP contribution in [0.15, 0.2) is 42.5 Å². The summed E-state index contributed by atoms with van der Waals surface area (Å²) in [5.41, 5.74) is 0.178. The molecule has 3 heterocycles. The number of anilines is 1. The summed E-state index contributed by atoms with van der Waals surface area (Å²) in [5.74, 6) is -1.94. The first-order valence-electron chi connectivity index (χ1n) is 6.61. The van der Waals surface area contributed by atoms with Crippen LogP contribution >= 0.6 is 0 Å². The number of carbonyl (C=O) groups excluding carboxylic acids is 2. The van der Waals surface area contributed by atoms with Gasteiger partial charge in [0.15, 0.2) is 0 Å². The zero-order chi connectivity index (χ0) is 13.7. The molecule has 0 amide bonds. The highest BCUT2D eigenvalue weighted by atomic mass is 16.6. The third-order valence-corrected chi connectivity index (χ3v) is 4.23. The molecule has 1 N–H and O–H groups in total. The molecule has 4 atom stereocenters. The van der Waals surface area contributed by atoms with Crippen molar-refractivity contribution in [2.75, 3.05) is 11.9 Å². The minimum atomic E-state index is -0.769. The lowest BCUT2D eigenvalue weighted by Gasteiger charge is -2.27. The number of cyclic esters (lactones) is 2. The average molecular weight is 271 g/mol. The van der Waals surface area contributed by atoms with Gasteiger partial charge in [0, 0.05) is 12.2 Å². The second kappa shape index (κ2) is 3.93. The van der Waals surface area contributed by atoms with Crippen LogP contribution in [0.3, 0.4) is 0 Å². The Hall–Kier alpha value is -2.14. The van der Waals surface area contributed by atoms with E-state index in [2.05, 4.69) is 5.32 Å². The van der Waals surface area contributed by atoms with E-state index in [0.717, 1.165) is 5.69 Å². The van der Waals surface area contributed by atoms with E-state index in [1.165, 1.54) is 0 Å². The van der Waals surface area contributed by atoms with Crippen molar-refractivity contribution >= 4 is 17.6 Å². The molecule has 0 radical (unpaired) electrons. The Balaban J connectivity index is 1.60. The molecule has 0 saturated carbocycles. The number of esters is 2. The smallest absolute Gasteiger partial charge is 0.320 e. The number of hydrogen-bond acceptors (Lipinski definition) is 5. The van der Waals surface area contributed by atoms with Gasteiger partial charge in [0.2, 0.25) is 0 Å². The van der Waals surface area contributed by atoms with Gasteiger partial charge >= 0.3 is 11.9 Å². The number of benzene rings is 1. The number of para-hydroxylation sites is 1. The summed E-state index contributed by atoms with van der Waals surface area (Å²) in [6.45, 7) is 0.438. The van der Waals surface area contributed by atoms with Gasteiger partial charge in [-0.1, -0.05) is 30.4 Å². The van der Waals surface area contributed by atoms with Gasteiger partial charge in [0.1, 0.15) is 17.4 Å². The Morgan fingerprint density at radius 3 is 2.75 bits per heavy atom. The zero-order valence-electron chi connectivity index (χ0n) is 10.6. The Morgan fingerprint density at radius 1 is 1.15 bits per heavy atom. The zero-order valence-corrected chi connectivity index (χ0v) is 10.6. The highest BCUT2D eigenvalue weighted by Gasteiger charge is 2.66. The van der Waals surface area contributed by atoms with Crippen molar-refractivity contribution in [2.45, 2.75) is 11.7 Å². The lowest BCUT2D eigenvalue weighted by Crippen LogP contribution is -2.43. The van der Waals surface area contributed by atoms with Gasteiger partial charge in [0.05, 0.1) is 6.10 Å². The van der Waals surface area contributed by atoms with Crippen molar-refractivity contribution in [3.63, 3.8) is 0 Å². The molecule has 2 bridgehead atoms. The van der Waals surface area contributed by atoms with Crippen molar-refractivity contribution in [3.05, 3.63) is 42.5 Å². The van der Waals surface area contributed by atoms with Crippen molar-refractivity contribution < 1.29 is 19.1 Å². The standard InChI is InChI=1S/C15H13NO4/c17-13-11-10-6-7-15(20-10,12(11)14(18)19-13)8-16-9-4-2-1-3-5-9/h1-7,10-12,16H,8H2. The molecule has 3 aliphatic rings. The van der Waals surface area contributed by atoms with E-state index >= 15 is 0 Å². The Bertz CT molecular complexity index is 612. The number of hydrogen-bond donors (Lipinski definition) is 1. The normalized spacial score (nSPS) is 37.1. The number of carbonyl (C=O) groups is 2. The van der Waals surface area contributed by atoms with Crippen molar-refractivity contribution in [1.82, 2.24) is 0 Å². The summed E-state index contributed by atoms with van der Waals surface area (Å²) in [6.07, 6.45) is 3.40. The van der Waals surface area contributed by atoms with E-state index in [4.69, 9.17) is 9.47 Å². The monoisotopic (exact) mass is 271 g/mol. The lowest BCUT2D eigenvalue weighted by atomic mass is 9.77. The van der Waals surface area contributed by atoms with E-state index in [0.29, 0.717) is 6.54 Å². The second-order valence-corrected chi connectivity index (χ2v) is 5.36. The topological polar surface area (TPSA) is 64.6 Å². The number of fused-ring (bicyclic) bond motifs is 5. The minimum Gasteiger partial charge on any atom is -0.393 e. The predicted octanol–water partition coefficient (Wildman–Crippen LogP) is 1.12. The molecule has 20 heavy (non-hydrogen) atoms. The van der Waals surface area contributed by atoms with E-state index < -0.39 is 29.4 Å². The molecule has 0 spiro atoms. The van der Waals surface area contributed by atoms with Crippen LogP contribution in [0.5, 0.6) is 0 Å². The molecule has 3 aliphatic heterocycles. The molecule has 4 rings (SSSR count). The first-order chi connectivity index (χ1) is 9.70. The van der Waals surface area contributed by atoms with E-state index in [1.54, 1.807) is 0 Å². The summed E-state index contributed by atoms with van der Waals surface area (Å²) in [7, 11) is 0. The van der Waals surface area contributed by atoms with Gasteiger partial charge in [-0.25, -0.2) is 0 Å². The average Bonchev–Trinajstić information content (AvgIpc) is 3.10. The van der Waals surface area contributed by atoms with Crippen molar-refractivity contribution in [1.29, 1.82) is 0 Å². The van der Waals surface area contributed by atoms with Crippen LogP contribution in [0.4, 0.5) is 5.69 Å². The van der Waals surface area contributed by atoms with Crippen LogP contribution in [0.25, 0.3) is 0 Å². The van der Waals surface area contributed by atoms with Crippen LogP contribution in [0.1, 0.15) is 0 Å². The predicted molar refractivity (Wildman–Crippen MR) is 69.8 cm³/mol. The molecule has 0 aliphatic carbocycles. The molecule has 4 unspecified atom stereocenters. The fourth-order valence-corrected chi connectivity index (χ4v) is 3.31. The summed E-state index contributed by atoms with van der Waals surface area (Å²) < 4.78 is 10.7. The highest BCUT2D eigenvalue weighted by molar-refractivity contribution is 5.99. The fraction of sp³-hybridized carbons (Fsp3) is 0.333. The van der Waals surface area contributed by atoms with Crippen LogP contribution < -0.4 is 5.32 Å². The first kappa shape index (κ1) is 11.7. The summed E-state index contributed by atoms with van der Waals surface area (Å²) in [6, 6.07) is 9.68. The molecule has 5 heteroatoms. The van der Waals surface area contributed by atoms with E-state index in [-0.39, 0.29) is 6.10 Å². The third kappa shape index (κ3) is 1.47. The maximum Gasteiger partial charge on any atom is 0.320 e. The molecule has 2 fully saturated rings. The van der Waals surface area contributed by atoms with Gasteiger partial charge < -0.3 is 14.8 Å². The Labute approximate surface area is 115 Å². The van der Waals surface area contributed by atoms with Gasteiger partial charge in [-0.15, -0.1) is 0 Å². The number of ether oxygens (including phenoxy) is 2. The number of nitrogens with one attached hydrogen (secondary N) is 1. The Kier molecular flexibility index (Phi) is 2.29. The van der Waals surface area contributed by atoms with Gasteiger partial charge in [-0.05, 0) is 12.1 Å². The van der Waals surface area contributed by atoms with Crippen LogP contribution in [0.2, 0.25) is 0 Å². The SMILES string of the molecule is O=C1OC(=O)C2C1C1C=CC2(CNc2ccccc2)O1. The molecule has 1 aromatic rings. The summed E-state index contributed by atoms with van der Waals surface area (Å²) in [4.78, 5) is 23.6. The maximum atomic E-state index is 11.9. The largest absolute Gasteiger partial charge is 0.393 e. The van der Waals surface area contributed by atoms with Gasteiger partial charge in [-0.3, -0.25) is 9.59 Å². The molecule has 1 aromatic carbocycles. The van der Waals surface area contributed by atoms with Gasteiger partial charge in [-0.2, -0.15) is 0 Å². The molecule has 5 nitrogen and oxygen atoms in total. The van der Waals surface area contributed by atoms with Crippen molar-refractivity contribution in [3.8, 4) is 0 Å². The van der Waals surface area contributed by atoms with Crippen LogP contribution in [0, 0.1) is 11.8 Å². The van der Waals surface area contributed by atoms with E-state index in [1.807, 2.05) is 42.5 Å². The molecular weight excluding hydrogens is 258 g/mol. The fourth-order valence-electron chi connectivity index (χ4n) is 3.31. The Morgan fingerprint density at radius 2 is 1.95 bits per heavy atom. The maximum absolute atomic E-state index is 11.9. The van der Waals surface area contributed by atoms with Crippen LogP contribution in [-0.4, -0.2) is 30.2 Å². The summed E-state index contributed by atoms with van der Waals surface area (Å²) in [5, 5.41) is 3.26.